The van der Waals surface area contributed by atoms with Crippen LogP contribution < -0.4 is 0 Å². The van der Waals surface area contributed by atoms with Gasteiger partial charge in [0, 0.05) is 19.6 Å². The van der Waals surface area contributed by atoms with Crippen molar-refractivity contribution in [3.63, 3.8) is 0 Å². The molecule has 17 heavy (non-hydrogen) atoms. The van der Waals surface area contributed by atoms with Crippen molar-refractivity contribution in [1.82, 2.24) is 0 Å². The Morgan fingerprint density at radius 2 is 2.00 bits per heavy atom. The highest BCUT2D eigenvalue weighted by Crippen LogP contribution is 2.58. The fourth-order valence-corrected chi connectivity index (χ4v) is 3.56. The minimum atomic E-state index is -0.535. The van der Waals surface area contributed by atoms with Gasteiger partial charge in [-0.1, -0.05) is 6.92 Å². The molecule has 3 unspecified atom stereocenters. The van der Waals surface area contributed by atoms with Gasteiger partial charge in [0.25, 0.3) is 0 Å². The fraction of sp³-hybridized carbons (Fsp3) is 1.00. The molecule has 0 aromatic carbocycles. The first-order valence-electron chi connectivity index (χ1n) is 6.92. The quantitative estimate of drug-likeness (QED) is 0.803. The first-order valence-corrected chi connectivity index (χ1v) is 6.92. The maximum atomic E-state index is 10.9. The van der Waals surface area contributed by atoms with Gasteiger partial charge in [-0.25, -0.2) is 0 Å². The molecule has 2 aliphatic heterocycles. The molecule has 0 aromatic heterocycles. The summed E-state index contributed by atoms with van der Waals surface area (Å²) in [6, 6.07) is 0. The predicted octanol–water partition coefficient (Wildman–Crippen LogP) is 2.12. The normalized spacial score (nSPS) is 43.6. The van der Waals surface area contributed by atoms with Gasteiger partial charge in [0.05, 0.1) is 17.8 Å². The van der Waals surface area contributed by atoms with Gasteiger partial charge in [-0.3, -0.25) is 0 Å². The summed E-state index contributed by atoms with van der Waals surface area (Å²) in [5.41, 5.74) is -0.472. The highest BCUT2D eigenvalue weighted by Gasteiger charge is 2.58. The van der Waals surface area contributed by atoms with Gasteiger partial charge in [0.15, 0.2) is 0 Å². The maximum absolute atomic E-state index is 10.9. The molecule has 1 spiro atoms. The van der Waals surface area contributed by atoms with E-state index in [1.54, 1.807) is 0 Å². The number of hydrogen-bond acceptors (Lipinski definition) is 3. The van der Waals surface area contributed by atoms with Crippen molar-refractivity contribution in [2.45, 2.75) is 57.2 Å². The van der Waals surface area contributed by atoms with Crippen molar-refractivity contribution in [2.75, 3.05) is 19.8 Å². The summed E-state index contributed by atoms with van der Waals surface area (Å²) in [6.45, 7) is 6.57. The highest BCUT2D eigenvalue weighted by molar-refractivity contribution is 5.08. The summed E-state index contributed by atoms with van der Waals surface area (Å²) >= 11 is 0. The minimum Gasteiger partial charge on any atom is -0.389 e. The molecule has 0 amide bonds. The second-order valence-electron chi connectivity index (χ2n) is 6.73. The lowest BCUT2D eigenvalue weighted by molar-refractivity contribution is -0.155. The third kappa shape index (κ3) is 1.83. The van der Waals surface area contributed by atoms with Crippen LogP contribution in [-0.4, -0.2) is 36.1 Å². The van der Waals surface area contributed by atoms with E-state index in [1.807, 2.05) is 6.92 Å². The monoisotopic (exact) mass is 240 g/mol. The Balaban J connectivity index is 1.75. The van der Waals surface area contributed by atoms with Crippen LogP contribution in [0.15, 0.2) is 0 Å². The largest absolute Gasteiger partial charge is 0.389 e. The van der Waals surface area contributed by atoms with Crippen molar-refractivity contribution >= 4 is 0 Å². The van der Waals surface area contributed by atoms with Gasteiger partial charge >= 0.3 is 0 Å². The Bertz CT molecular complexity index is 301. The second-order valence-corrected chi connectivity index (χ2v) is 6.73. The number of rotatable bonds is 2. The molecule has 3 aliphatic rings. The van der Waals surface area contributed by atoms with Crippen LogP contribution in [0.2, 0.25) is 0 Å². The standard InChI is InChI=1S/C14H24O3/c1-12(4-5-12)13(2,15)11-3-7-17-14(9-11)6-8-16-10-14/h11,15H,3-10H2,1-2H3. The van der Waals surface area contributed by atoms with Crippen LogP contribution in [-0.2, 0) is 9.47 Å². The van der Waals surface area contributed by atoms with Crippen LogP contribution in [0.1, 0.15) is 46.0 Å². The van der Waals surface area contributed by atoms with E-state index in [1.165, 1.54) is 12.8 Å². The van der Waals surface area contributed by atoms with Gasteiger partial charge < -0.3 is 14.6 Å². The Morgan fingerprint density at radius 3 is 2.59 bits per heavy atom. The summed E-state index contributed by atoms with van der Waals surface area (Å²) in [7, 11) is 0. The van der Waals surface area contributed by atoms with Crippen LogP contribution in [0.3, 0.4) is 0 Å². The summed E-state index contributed by atoms with van der Waals surface area (Å²) in [6.07, 6.45) is 5.29. The average Bonchev–Trinajstić information content (AvgIpc) is 2.91. The Labute approximate surface area is 103 Å². The SMILES string of the molecule is CC1(C(C)(O)C2CCOC3(CCOC3)C2)CC1. The molecule has 3 rings (SSSR count). The zero-order valence-electron chi connectivity index (χ0n) is 11.0. The molecule has 1 aliphatic carbocycles. The summed E-state index contributed by atoms with van der Waals surface area (Å²) in [5.74, 6) is 0.366. The number of hydrogen-bond donors (Lipinski definition) is 1. The summed E-state index contributed by atoms with van der Waals surface area (Å²) in [4.78, 5) is 0. The van der Waals surface area contributed by atoms with E-state index in [-0.39, 0.29) is 11.0 Å². The number of aliphatic hydroxyl groups is 1. The van der Waals surface area contributed by atoms with Crippen LogP contribution in [0.4, 0.5) is 0 Å². The van der Waals surface area contributed by atoms with Gasteiger partial charge in [0.1, 0.15) is 0 Å². The third-order valence-corrected chi connectivity index (χ3v) is 5.58. The van der Waals surface area contributed by atoms with Crippen molar-refractivity contribution in [3.05, 3.63) is 0 Å². The van der Waals surface area contributed by atoms with Crippen LogP contribution >= 0.6 is 0 Å². The van der Waals surface area contributed by atoms with Crippen molar-refractivity contribution < 1.29 is 14.6 Å². The van der Waals surface area contributed by atoms with E-state index in [2.05, 4.69) is 6.92 Å². The topological polar surface area (TPSA) is 38.7 Å². The zero-order chi connectivity index (χ0) is 12.1. The molecular formula is C14H24O3. The van der Waals surface area contributed by atoms with E-state index in [0.29, 0.717) is 5.92 Å². The van der Waals surface area contributed by atoms with Crippen molar-refractivity contribution in [3.8, 4) is 0 Å². The number of ether oxygens (including phenoxy) is 2. The first kappa shape index (κ1) is 11.9. The Morgan fingerprint density at radius 1 is 1.24 bits per heavy atom. The highest BCUT2D eigenvalue weighted by atomic mass is 16.6. The lowest BCUT2D eigenvalue weighted by atomic mass is 9.69. The maximum Gasteiger partial charge on any atom is 0.0940 e. The summed E-state index contributed by atoms with van der Waals surface area (Å²) < 4.78 is 11.4. The molecule has 0 bridgehead atoms. The molecule has 3 fully saturated rings. The van der Waals surface area contributed by atoms with Gasteiger partial charge in [0.2, 0.25) is 0 Å². The molecule has 98 valence electrons. The third-order valence-electron chi connectivity index (χ3n) is 5.58. The van der Waals surface area contributed by atoms with Gasteiger partial charge in [-0.05, 0) is 43.9 Å². The Hall–Kier alpha value is -0.120. The van der Waals surface area contributed by atoms with Crippen molar-refractivity contribution in [2.24, 2.45) is 11.3 Å². The first-order chi connectivity index (χ1) is 7.98. The molecular weight excluding hydrogens is 216 g/mol. The molecule has 0 aromatic rings. The second kappa shape index (κ2) is 3.69. The smallest absolute Gasteiger partial charge is 0.0940 e. The molecule has 3 atom stereocenters. The molecule has 1 saturated carbocycles. The average molecular weight is 240 g/mol. The fourth-order valence-electron chi connectivity index (χ4n) is 3.56. The van der Waals surface area contributed by atoms with E-state index in [0.717, 1.165) is 39.1 Å². The van der Waals surface area contributed by atoms with E-state index < -0.39 is 5.60 Å². The van der Waals surface area contributed by atoms with E-state index >= 15 is 0 Å². The van der Waals surface area contributed by atoms with Gasteiger partial charge in [-0.2, -0.15) is 0 Å². The molecule has 3 heteroatoms. The molecule has 0 radical (unpaired) electrons. The predicted molar refractivity (Wildman–Crippen MR) is 64.8 cm³/mol. The van der Waals surface area contributed by atoms with Gasteiger partial charge in [-0.15, -0.1) is 0 Å². The van der Waals surface area contributed by atoms with E-state index in [4.69, 9.17) is 9.47 Å². The molecule has 2 saturated heterocycles. The van der Waals surface area contributed by atoms with E-state index in [9.17, 15) is 5.11 Å². The lowest BCUT2D eigenvalue weighted by Gasteiger charge is -2.46. The van der Waals surface area contributed by atoms with Crippen LogP contribution in [0.5, 0.6) is 0 Å². The Kier molecular flexibility index (Phi) is 2.59. The zero-order valence-corrected chi connectivity index (χ0v) is 11.0. The lowest BCUT2D eigenvalue weighted by Crippen LogP contribution is -2.51. The summed E-state index contributed by atoms with van der Waals surface area (Å²) in [5, 5.41) is 10.9. The molecule has 3 nitrogen and oxygen atoms in total. The molecule has 1 N–H and O–H groups in total. The van der Waals surface area contributed by atoms with Crippen LogP contribution in [0.25, 0.3) is 0 Å². The minimum absolute atomic E-state index is 0.0852. The molecule has 2 heterocycles. The van der Waals surface area contributed by atoms with Crippen molar-refractivity contribution in [1.29, 1.82) is 0 Å². The van der Waals surface area contributed by atoms with Crippen LogP contribution in [0, 0.1) is 11.3 Å².